The molecule has 0 atom stereocenters. The monoisotopic (exact) mass is 280 g/mol. The first-order valence-electron chi connectivity index (χ1n) is 5.64. The zero-order valence-electron chi connectivity index (χ0n) is 11.0. The number of primary amides is 2. The summed E-state index contributed by atoms with van der Waals surface area (Å²) < 4.78 is 5.05. The molecule has 0 aromatic heterocycles. The summed E-state index contributed by atoms with van der Waals surface area (Å²) in [6.45, 7) is -0.862. The Morgan fingerprint density at radius 3 is 2.15 bits per heavy atom. The third kappa shape index (κ3) is 3.87. The van der Waals surface area contributed by atoms with Crippen molar-refractivity contribution in [2.24, 2.45) is 11.5 Å². The molecule has 1 aromatic carbocycles. The maximum absolute atomic E-state index is 12.3. The molecule has 1 rings (SSSR count). The second-order valence-electron chi connectivity index (χ2n) is 4.05. The number of ether oxygens (including phenoxy) is 1. The van der Waals surface area contributed by atoms with Crippen LogP contribution in [0.25, 0.3) is 0 Å². The highest BCUT2D eigenvalue weighted by molar-refractivity contribution is 6.01. The van der Waals surface area contributed by atoms with Crippen LogP contribution >= 0.6 is 0 Å². The van der Waals surface area contributed by atoms with Gasteiger partial charge in [0.2, 0.25) is 11.8 Å². The van der Waals surface area contributed by atoms with Crippen LogP contribution in [0.1, 0.15) is 10.4 Å². The van der Waals surface area contributed by atoms with Gasteiger partial charge in [-0.1, -0.05) is 0 Å². The summed E-state index contributed by atoms with van der Waals surface area (Å²) >= 11 is 0. The van der Waals surface area contributed by atoms with Crippen molar-refractivity contribution in [3.63, 3.8) is 0 Å². The zero-order valence-corrected chi connectivity index (χ0v) is 11.0. The fraction of sp³-hybridized carbons (Fsp3) is 0.250. The van der Waals surface area contributed by atoms with E-state index in [2.05, 4.69) is 0 Å². The van der Waals surface area contributed by atoms with E-state index in [1.807, 2.05) is 0 Å². The third-order valence-electron chi connectivity index (χ3n) is 2.43. The fourth-order valence-corrected chi connectivity index (χ4v) is 1.64. The largest absolute Gasteiger partial charge is 0.496 e. The number of hydrogen-bond donors (Lipinski definition) is 3. The average Bonchev–Trinajstić information content (AvgIpc) is 2.36. The Kier molecular flexibility index (Phi) is 4.90. The minimum absolute atomic E-state index is 0.120. The predicted molar refractivity (Wildman–Crippen MR) is 71.7 cm³/mol. The molecule has 0 saturated heterocycles. The highest BCUT2D eigenvalue weighted by Gasteiger charge is 2.22. The number of carbonyl (C=O) groups excluding carboxylic acids is 3. The first-order valence-corrected chi connectivity index (χ1v) is 5.64. The molecule has 0 saturated carbocycles. The van der Waals surface area contributed by atoms with Crippen LogP contribution in [0.2, 0.25) is 0 Å². The van der Waals surface area contributed by atoms with Crippen molar-refractivity contribution in [1.82, 2.24) is 4.90 Å². The van der Waals surface area contributed by atoms with E-state index in [1.165, 1.54) is 19.2 Å². The standard InChI is InChI=1S/C12H16N4O4/c1-20-9-3-2-7(13)4-8(9)12(19)16(5-10(14)17)6-11(15)18/h2-4H,5-6,13H2,1H3,(H2,14,17)(H2,15,18). The van der Waals surface area contributed by atoms with Gasteiger partial charge in [-0.25, -0.2) is 0 Å². The number of amides is 3. The van der Waals surface area contributed by atoms with Crippen molar-refractivity contribution in [3.05, 3.63) is 23.8 Å². The molecule has 0 unspecified atom stereocenters. The molecule has 20 heavy (non-hydrogen) atoms. The summed E-state index contributed by atoms with van der Waals surface area (Å²) in [6, 6.07) is 4.45. The number of hydrogen-bond acceptors (Lipinski definition) is 5. The van der Waals surface area contributed by atoms with E-state index in [-0.39, 0.29) is 11.3 Å². The van der Waals surface area contributed by atoms with Crippen LogP contribution < -0.4 is 21.9 Å². The molecule has 0 aliphatic rings. The molecule has 0 radical (unpaired) electrons. The minimum Gasteiger partial charge on any atom is -0.496 e. The van der Waals surface area contributed by atoms with Crippen molar-refractivity contribution in [1.29, 1.82) is 0 Å². The van der Waals surface area contributed by atoms with Gasteiger partial charge in [-0.3, -0.25) is 14.4 Å². The van der Waals surface area contributed by atoms with Crippen LogP contribution in [0.5, 0.6) is 5.75 Å². The number of benzene rings is 1. The SMILES string of the molecule is COc1ccc(N)cc1C(=O)N(CC(N)=O)CC(N)=O. The number of rotatable bonds is 6. The van der Waals surface area contributed by atoms with Gasteiger partial charge >= 0.3 is 0 Å². The molecule has 6 N–H and O–H groups in total. The highest BCUT2D eigenvalue weighted by Crippen LogP contribution is 2.22. The molecule has 8 nitrogen and oxygen atoms in total. The van der Waals surface area contributed by atoms with Gasteiger partial charge in [0.1, 0.15) is 18.8 Å². The highest BCUT2D eigenvalue weighted by atomic mass is 16.5. The maximum atomic E-state index is 12.3. The number of anilines is 1. The molecule has 0 bridgehead atoms. The summed E-state index contributed by atoms with van der Waals surface area (Å²) in [5, 5.41) is 0. The first kappa shape index (κ1) is 15.3. The van der Waals surface area contributed by atoms with Crippen molar-refractivity contribution in [3.8, 4) is 5.75 Å². The van der Waals surface area contributed by atoms with Crippen LogP contribution in [-0.4, -0.2) is 42.8 Å². The summed E-state index contributed by atoms with van der Waals surface area (Å²) in [4.78, 5) is 35.2. The quantitative estimate of drug-likeness (QED) is 0.554. The Bertz CT molecular complexity index is 528. The number of nitrogens with zero attached hydrogens (tertiary/aromatic N) is 1. The molecule has 0 fully saturated rings. The summed E-state index contributed by atoms with van der Waals surface area (Å²) in [7, 11) is 1.38. The Morgan fingerprint density at radius 2 is 1.70 bits per heavy atom. The second kappa shape index (κ2) is 6.41. The van der Waals surface area contributed by atoms with E-state index in [1.54, 1.807) is 6.07 Å². The van der Waals surface area contributed by atoms with E-state index in [0.717, 1.165) is 4.90 Å². The Morgan fingerprint density at radius 1 is 1.15 bits per heavy atom. The van der Waals surface area contributed by atoms with Crippen LogP contribution in [-0.2, 0) is 9.59 Å². The maximum Gasteiger partial charge on any atom is 0.258 e. The van der Waals surface area contributed by atoms with Crippen LogP contribution in [0.3, 0.4) is 0 Å². The first-order chi connectivity index (χ1) is 9.35. The molecule has 0 spiro atoms. The van der Waals surface area contributed by atoms with Crippen LogP contribution in [0.15, 0.2) is 18.2 Å². The number of nitrogen functional groups attached to an aromatic ring is 1. The van der Waals surface area contributed by atoms with Crippen molar-refractivity contribution < 1.29 is 19.1 Å². The van der Waals surface area contributed by atoms with Gasteiger partial charge in [0, 0.05) is 5.69 Å². The Balaban J connectivity index is 3.13. The Hall–Kier alpha value is -2.77. The van der Waals surface area contributed by atoms with Gasteiger partial charge in [0.15, 0.2) is 0 Å². The molecule has 0 heterocycles. The topological polar surface area (TPSA) is 142 Å². The lowest BCUT2D eigenvalue weighted by molar-refractivity contribution is -0.121. The van der Waals surface area contributed by atoms with Crippen LogP contribution in [0, 0.1) is 0 Å². The van der Waals surface area contributed by atoms with Crippen LogP contribution in [0.4, 0.5) is 5.69 Å². The molecule has 8 heteroatoms. The number of carbonyl (C=O) groups is 3. The van der Waals surface area contributed by atoms with E-state index >= 15 is 0 Å². The lowest BCUT2D eigenvalue weighted by Crippen LogP contribution is -2.43. The second-order valence-corrected chi connectivity index (χ2v) is 4.05. The van der Waals surface area contributed by atoms with Gasteiger partial charge in [-0.05, 0) is 18.2 Å². The Labute approximate surface area is 115 Å². The number of methoxy groups -OCH3 is 1. The third-order valence-corrected chi connectivity index (χ3v) is 2.43. The average molecular weight is 280 g/mol. The predicted octanol–water partition coefficient (Wildman–Crippen LogP) is -1.31. The minimum atomic E-state index is -0.762. The molecule has 108 valence electrons. The van der Waals surface area contributed by atoms with E-state index in [4.69, 9.17) is 21.9 Å². The van der Waals surface area contributed by atoms with Gasteiger partial charge in [-0.15, -0.1) is 0 Å². The lowest BCUT2D eigenvalue weighted by Gasteiger charge is -2.20. The molecule has 3 amide bonds. The van der Waals surface area contributed by atoms with Gasteiger partial charge in [0.05, 0.1) is 12.7 Å². The van der Waals surface area contributed by atoms with Crippen molar-refractivity contribution in [2.45, 2.75) is 0 Å². The van der Waals surface area contributed by atoms with Gasteiger partial charge < -0.3 is 26.8 Å². The molecule has 0 aliphatic heterocycles. The lowest BCUT2D eigenvalue weighted by atomic mass is 10.1. The zero-order chi connectivity index (χ0) is 15.3. The summed E-state index contributed by atoms with van der Waals surface area (Å²) in [5.74, 6) is -1.88. The summed E-state index contributed by atoms with van der Waals surface area (Å²) in [5.41, 5.74) is 16.2. The normalized spacial score (nSPS) is 9.85. The van der Waals surface area contributed by atoms with Crippen molar-refractivity contribution in [2.75, 3.05) is 25.9 Å². The molecule has 0 aliphatic carbocycles. The number of nitrogens with two attached hydrogens (primary N) is 3. The van der Waals surface area contributed by atoms with Gasteiger partial charge in [-0.2, -0.15) is 0 Å². The molecular weight excluding hydrogens is 264 g/mol. The van der Waals surface area contributed by atoms with E-state index < -0.39 is 30.8 Å². The summed E-state index contributed by atoms with van der Waals surface area (Å²) in [6.07, 6.45) is 0. The fourth-order valence-electron chi connectivity index (χ4n) is 1.64. The van der Waals surface area contributed by atoms with E-state index in [0.29, 0.717) is 5.69 Å². The molecule has 1 aromatic rings. The smallest absolute Gasteiger partial charge is 0.258 e. The molecular formula is C12H16N4O4. The van der Waals surface area contributed by atoms with E-state index in [9.17, 15) is 14.4 Å². The van der Waals surface area contributed by atoms with Gasteiger partial charge in [0.25, 0.3) is 5.91 Å². The van der Waals surface area contributed by atoms with Crippen molar-refractivity contribution >= 4 is 23.4 Å².